The molecule has 2 aromatic rings. The number of aromatic carboxylic acids is 1. The zero-order chi connectivity index (χ0) is 11.2. The lowest BCUT2D eigenvalue weighted by Gasteiger charge is -1.98. The molecule has 0 atom stereocenters. The summed E-state index contributed by atoms with van der Waals surface area (Å²) in [5.74, 6) is -1.20. The molecule has 0 aromatic carbocycles. The van der Waals surface area contributed by atoms with Crippen LogP contribution < -0.4 is 5.73 Å². The predicted octanol–water partition coefficient (Wildman–Crippen LogP) is 1.92. The van der Waals surface area contributed by atoms with Gasteiger partial charge in [0.05, 0.1) is 10.0 Å². The van der Waals surface area contributed by atoms with E-state index in [2.05, 4.69) is 4.98 Å². The van der Waals surface area contributed by atoms with Crippen LogP contribution in [0.1, 0.15) is 10.5 Å². The Labute approximate surface area is 94.0 Å². The number of hydrogen-bond acceptors (Lipinski definition) is 3. The standard InChI is InChI=1S/C8H5Cl2N3O2/c9-3-1-4(10)7-12-5(8(14)15)6(11)13(7)2-3/h1-2H,11H2,(H,14,15). The SMILES string of the molecule is Nc1c(C(=O)O)nc2c(Cl)cc(Cl)cn12. The first kappa shape index (κ1) is 10.1. The largest absolute Gasteiger partial charge is 0.476 e. The van der Waals surface area contributed by atoms with Crippen molar-refractivity contribution in [2.45, 2.75) is 0 Å². The second kappa shape index (κ2) is 3.29. The number of hydrogen-bond donors (Lipinski definition) is 2. The fourth-order valence-electron chi connectivity index (χ4n) is 1.25. The first-order chi connectivity index (χ1) is 7.00. The van der Waals surface area contributed by atoms with Crippen LogP contribution in [0, 0.1) is 0 Å². The van der Waals surface area contributed by atoms with Gasteiger partial charge in [-0.1, -0.05) is 23.2 Å². The highest BCUT2D eigenvalue weighted by Gasteiger charge is 2.17. The molecule has 0 bridgehead atoms. The minimum Gasteiger partial charge on any atom is -0.476 e. The Morgan fingerprint density at radius 2 is 2.20 bits per heavy atom. The van der Waals surface area contributed by atoms with Crippen LogP contribution in [0.2, 0.25) is 10.0 Å². The van der Waals surface area contributed by atoms with E-state index < -0.39 is 5.97 Å². The molecule has 0 saturated heterocycles. The van der Waals surface area contributed by atoms with Gasteiger partial charge in [-0.3, -0.25) is 4.40 Å². The molecule has 2 rings (SSSR count). The van der Waals surface area contributed by atoms with E-state index in [4.69, 9.17) is 34.0 Å². The Balaban J connectivity index is 2.88. The van der Waals surface area contributed by atoms with Gasteiger partial charge in [0.2, 0.25) is 0 Å². The number of carboxylic acid groups (broad SMARTS) is 1. The van der Waals surface area contributed by atoms with Crippen molar-refractivity contribution >= 4 is 40.6 Å². The van der Waals surface area contributed by atoms with Crippen LogP contribution in [0.15, 0.2) is 12.3 Å². The average molecular weight is 246 g/mol. The minimum atomic E-state index is -1.21. The number of carbonyl (C=O) groups is 1. The van der Waals surface area contributed by atoms with Gasteiger partial charge >= 0.3 is 5.97 Å². The second-order valence-corrected chi connectivity index (χ2v) is 3.69. The Morgan fingerprint density at radius 1 is 1.53 bits per heavy atom. The number of pyridine rings is 1. The van der Waals surface area contributed by atoms with Crippen molar-refractivity contribution in [2.75, 3.05) is 5.73 Å². The summed E-state index contributed by atoms with van der Waals surface area (Å²) in [7, 11) is 0. The molecule has 78 valence electrons. The minimum absolute atomic E-state index is 0.00176. The molecule has 2 aromatic heterocycles. The lowest BCUT2D eigenvalue weighted by atomic mass is 10.4. The molecule has 5 nitrogen and oxygen atoms in total. The van der Waals surface area contributed by atoms with E-state index in [1.165, 1.54) is 16.7 Å². The molecule has 0 unspecified atom stereocenters. The molecule has 7 heteroatoms. The number of anilines is 1. The van der Waals surface area contributed by atoms with Gasteiger partial charge in [0.25, 0.3) is 0 Å². The van der Waals surface area contributed by atoms with Crippen molar-refractivity contribution in [1.82, 2.24) is 9.38 Å². The molecule has 0 saturated carbocycles. The van der Waals surface area contributed by atoms with Gasteiger partial charge in [0, 0.05) is 6.20 Å². The third-order valence-corrected chi connectivity index (χ3v) is 2.37. The lowest BCUT2D eigenvalue weighted by Crippen LogP contribution is -2.02. The molecule has 15 heavy (non-hydrogen) atoms. The monoisotopic (exact) mass is 245 g/mol. The molecular weight excluding hydrogens is 241 g/mol. The van der Waals surface area contributed by atoms with Crippen LogP contribution in [0.3, 0.4) is 0 Å². The third kappa shape index (κ3) is 1.49. The van der Waals surface area contributed by atoms with Gasteiger partial charge in [-0.25, -0.2) is 9.78 Å². The quantitative estimate of drug-likeness (QED) is 0.805. The van der Waals surface area contributed by atoms with Gasteiger partial charge in [0.1, 0.15) is 5.82 Å². The normalized spacial score (nSPS) is 10.8. The maximum absolute atomic E-state index is 10.8. The van der Waals surface area contributed by atoms with Crippen LogP contribution >= 0.6 is 23.2 Å². The van der Waals surface area contributed by atoms with E-state index in [-0.39, 0.29) is 22.2 Å². The first-order valence-corrected chi connectivity index (χ1v) is 4.62. The number of fused-ring (bicyclic) bond motifs is 1. The number of nitrogens with zero attached hydrogens (tertiary/aromatic N) is 2. The molecule has 0 amide bonds. The number of nitrogens with two attached hydrogens (primary N) is 1. The van der Waals surface area contributed by atoms with Crippen molar-refractivity contribution in [2.24, 2.45) is 0 Å². The molecule has 0 radical (unpaired) electrons. The topological polar surface area (TPSA) is 80.6 Å². The van der Waals surface area contributed by atoms with Crippen molar-refractivity contribution in [3.63, 3.8) is 0 Å². The lowest BCUT2D eigenvalue weighted by molar-refractivity contribution is 0.0692. The fraction of sp³-hybridized carbons (Fsp3) is 0. The zero-order valence-corrected chi connectivity index (χ0v) is 8.75. The Kier molecular flexibility index (Phi) is 2.21. The summed E-state index contributed by atoms with van der Waals surface area (Å²) in [5, 5.41) is 9.40. The van der Waals surface area contributed by atoms with Gasteiger partial charge < -0.3 is 10.8 Å². The first-order valence-electron chi connectivity index (χ1n) is 3.86. The molecule has 0 aliphatic carbocycles. The number of carboxylic acids is 1. The molecule has 0 aliphatic rings. The molecule has 2 heterocycles. The van der Waals surface area contributed by atoms with Crippen LogP contribution in [-0.2, 0) is 0 Å². The van der Waals surface area contributed by atoms with Gasteiger partial charge in [-0.05, 0) is 6.07 Å². The highest BCUT2D eigenvalue weighted by Crippen LogP contribution is 2.25. The predicted molar refractivity (Wildman–Crippen MR) is 56.6 cm³/mol. The van der Waals surface area contributed by atoms with Crippen LogP contribution in [0.25, 0.3) is 5.65 Å². The second-order valence-electron chi connectivity index (χ2n) is 2.85. The van der Waals surface area contributed by atoms with E-state index in [0.29, 0.717) is 5.02 Å². The van der Waals surface area contributed by atoms with Crippen molar-refractivity contribution in [1.29, 1.82) is 0 Å². The summed E-state index contributed by atoms with van der Waals surface area (Å²) in [4.78, 5) is 14.6. The number of nitrogen functional groups attached to an aromatic ring is 1. The third-order valence-electron chi connectivity index (χ3n) is 1.88. The van der Waals surface area contributed by atoms with Gasteiger partial charge in [-0.15, -0.1) is 0 Å². The number of halogens is 2. The van der Waals surface area contributed by atoms with E-state index in [1.807, 2.05) is 0 Å². The Hall–Kier alpha value is -1.46. The molecule has 3 N–H and O–H groups in total. The van der Waals surface area contributed by atoms with Crippen molar-refractivity contribution < 1.29 is 9.90 Å². The summed E-state index contributed by atoms with van der Waals surface area (Å²) in [5.41, 5.74) is 5.62. The highest BCUT2D eigenvalue weighted by molar-refractivity contribution is 6.36. The summed E-state index contributed by atoms with van der Waals surface area (Å²) in [6.07, 6.45) is 1.46. The summed E-state index contributed by atoms with van der Waals surface area (Å²) >= 11 is 11.6. The van der Waals surface area contributed by atoms with Crippen molar-refractivity contribution in [3.8, 4) is 0 Å². The van der Waals surface area contributed by atoms with Gasteiger partial charge in [0.15, 0.2) is 11.3 Å². The summed E-state index contributed by atoms with van der Waals surface area (Å²) in [6, 6.07) is 1.47. The fourth-order valence-corrected chi connectivity index (χ4v) is 1.76. The molecule has 0 spiro atoms. The van der Waals surface area contributed by atoms with E-state index in [0.717, 1.165) is 0 Å². The van der Waals surface area contributed by atoms with Crippen LogP contribution in [0.4, 0.5) is 5.82 Å². The molecular formula is C8H5Cl2N3O2. The molecule has 0 fully saturated rings. The molecule has 0 aliphatic heterocycles. The number of aromatic nitrogens is 2. The Morgan fingerprint density at radius 3 is 2.80 bits per heavy atom. The van der Waals surface area contributed by atoms with Crippen molar-refractivity contribution in [3.05, 3.63) is 28.0 Å². The van der Waals surface area contributed by atoms with Gasteiger partial charge in [-0.2, -0.15) is 0 Å². The van der Waals surface area contributed by atoms with Crippen LogP contribution in [-0.4, -0.2) is 20.5 Å². The average Bonchev–Trinajstić information content (AvgIpc) is 2.44. The zero-order valence-electron chi connectivity index (χ0n) is 7.24. The van der Waals surface area contributed by atoms with E-state index >= 15 is 0 Å². The van der Waals surface area contributed by atoms with Crippen LogP contribution in [0.5, 0.6) is 0 Å². The van der Waals surface area contributed by atoms with E-state index in [1.54, 1.807) is 0 Å². The summed E-state index contributed by atoms with van der Waals surface area (Å²) < 4.78 is 1.34. The number of imidazole rings is 1. The highest BCUT2D eigenvalue weighted by atomic mass is 35.5. The Bertz CT molecular complexity index is 565. The summed E-state index contributed by atoms with van der Waals surface area (Å²) in [6.45, 7) is 0. The number of rotatable bonds is 1. The van der Waals surface area contributed by atoms with E-state index in [9.17, 15) is 4.79 Å². The maximum Gasteiger partial charge on any atom is 0.358 e. The maximum atomic E-state index is 10.8. The smallest absolute Gasteiger partial charge is 0.358 e.